The Kier molecular flexibility index (Phi) is 6.58. The lowest BCUT2D eigenvalue weighted by atomic mass is 10.0. The average Bonchev–Trinajstić information content (AvgIpc) is 3.23. The predicted molar refractivity (Wildman–Crippen MR) is 140 cm³/mol. The van der Waals surface area contributed by atoms with E-state index in [0.717, 1.165) is 26.1 Å². The largest absolute Gasteiger partial charge is 0.376 e. The normalized spacial score (nSPS) is 12.3. The van der Waals surface area contributed by atoms with E-state index in [1.807, 2.05) is 11.3 Å². The van der Waals surface area contributed by atoms with E-state index in [1.165, 1.54) is 43.4 Å². The number of rotatable bonds is 8. The van der Waals surface area contributed by atoms with Gasteiger partial charge in [-0.1, -0.05) is 66.7 Å². The molecule has 5 rings (SSSR count). The molecule has 1 aliphatic rings. The fraction of sp³-hybridized carbons (Fsp3) is 0.241. The molecule has 4 heteroatoms. The monoisotopic (exact) mass is 454 g/mol. The predicted octanol–water partition coefficient (Wildman–Crippen LogP) is 7.20. The van der Waals surface area contributed by atoms with Crippen molar-refractivity contribution in [1.29, 1.82) is 0 Å². The summed E-state index contributed by atoms with van der Waals surface area (Å²) in [6.07, 6.45) is 1.05. The Hall–Kier alpha value is -2.92. The van der Waals surface area contributed by atoms with Gasteiger partial charge in [0, 0.05) is 45.3 Å². The van der Waals surface area contributed by atoms with Crippen LogP contribution in [0, 0.1) is 0 Å². The molecule has 0 spiro atoms. The second kappa shape index (κ2) is 9.92. The van der Waals surface area contributed by atoms with Crippen LogP contribution in [-0.4, -0.2) is 32.1 Å². The van der Waals surface area contributed by atoms with Gasteiger partial charge in [0.25, 0.3) is 0 Å². The van der Waals surface area contributed by atoms with E-state index in [-0.39, 0.29) is 0 Å². The maximum absolute atomic E-state index is 6.03. The molecule has 0 bridgehead atoms. The van der Waals surface area contributed by atoms with Crippen LogP contribution in [0.2, 0.25) is 0 Å². The van der Waals surface area contributed by atoms with Crippen LogP contribution in [0.15, 0.2) is 84.9 Å². The number of benzene rings is 3. The van der Waals surface area contributed by atoms with Gasteiger partial charge in [0.15, 0.2) is 0 Å². The van der Waals surface area contributed by atoms with E-state index in [4.69, 9.17) is 4.74 Å². The fourth-order valence-electron chi connectivity index (χ4n) is 4.47. The summed E-state index contributed by atoms with van der Waals surface area (Å²) >= 11 is 1.87. The fourth-order valence-corrected chi connectivity index (χ4v) is 5.62. The highest BCUT2D eigenvalue weighted by atomic mass is 32.1. The molecule has 0 atom stereocenters. The van der Waals surface area contributed by atoms with Crippen molar-refractivity contribution in [3.63, 3.8) is 0 Å². The van der Waals surface area contributed by atoms with E-state index in [1.54, 1.807) is 0 Å². The molecule has 1 aliphatic heterocycles. The minimum atomic E-state index is 0.670. The van der Waals surface area contributed by atoms with Crippen molar-refractivity contribution in [2.24, 2.45) is 0 Å². The first kappa shape index (κ1) is 21.9. The zero-order chi connectivity index (χ0) is 22.6. The van der Waals surface area contributed by atoms with E-state index in [0.29, 0.717) is 6.61 Å². The average molecular weight is 455 g/mol. The second-order valence-electron chi connectivity index (χ2n) is 8.77. The number of nitrogens with zero attached hydrogens (tertiary/aromatic N) is 2. The van der Waals surface area contributed by atoms with Crippen molar-refractivity contribution in [2.45, 2.75) is 19.6 Å². The highest BCUT2D eigenvalue weighted by molar-refractivity contribution is 7.16. The third-order valence-electron chi connectivity index (χ3n) is 6.03. The highest BCUT2D eigenvalue weighted by Crippen LogP contribution is 2.51. The topological polar surface area (TPSA) is 15.7 Å². The molecule has 4 aromatic rings. The van der Waals surface area contributed by atoms with Crippen molar-refractivity contribution in [3.05, 3.63) is 95.4 Å². The van der Waals surface area contributed by atoms with Crippen LogP contribution < -0.4 is 4.90 Å². The number of para-hydroxylation sites is 2. The Labute approximate surface area is 200 Å². The van der Waals surface area contributed by atoms with Crippen LogP contribution in [0.25, 0.3) is 21.6 Å². The zero-order valence-corrected chi connectivity index (χ0v) is 20.1. The molecule has 0 radical (unpaired) electrons. The van der Waals surface area contributed by atoms with Gasteiger partial charge >= 0.3 is 0 Å². The molecule has 0 amide bonds. The van der Waals surface area contributed by atoms with Crippen LogP contribution in [0.4, 0.5) is 11.4 Å². The molecule has 3 nitrogen and oxygen atoms in total. The third kappa shape index (κ3) is 4.74. The van der Waals surface area contributed by atoms with E-state index >= 15 is 0 Å². The van der Waals surface area contributed by atoms with Gasteiger partial charge in [0.2, 0.25) is 0 Å². The van der Waals surface area contributed by atoms with Gasteiger partial charge in [-0.15, -0.1) is 11.3 Å². The molecule has 0 saturated carbocycles. The van der Waals surface area contributed by atoms with Crippen LogP contribution in [-0.2, 0) is 17.9 Å². The van der Waals surface area contributed by atoms with Crippen molar-refractivity contribution in [2.75, 3.05) is 32.1 Å². The number of hydrogen-bond donors (Lipinski definition) is 0. The smallest absolute Gasteiger partial charge is 0.0809 e. The van der Waals surface area contributed by atoms with Gasteiger partial charge in [-0.05, 0) is 50.8 Å². The molecule has 0 aliphatic carbocycles. The molecular formula is C29H30N2OS. The molecule has 3 aromatic carbocycles. The van der Waals surface area contributed by atoms with Crippen LogP contribution in [0.5, 0.6) is 0 Å². The first-order valence-electron chi connectivity index (χ1n) is 11.6. The Morgan fingerprint density at radius 1 is 0.788 bits per heavy atom. The van der Waals surface area contributed by atoms with Crippen LogP contribution in [0.1, 0.15) is 16.9 Å². The molecule has 0 unspecified atom stereocenters. The summed E-state index contributed by atoms with van der Waals surface area (Å²) in [5.41, 5.74) is 7.71. The summed E-state index contributed by atoms with van der Waals surface area (Å²) in [6, 6.07) is 30.7. The quantitative estimate of drug-likeness (QED) is 0.262. The summed E-state index contributed by atoms with van der Waals surface area (Å²) in [7, 11) is 4.21. The van der Waals surface area contributed by atoms with Crippen LogP contribution >= 0.6 is 11.3 Å². The highest BCUT2D eigenvalue weighted by Gasteiger charge is 2.26. The molecule has 2 heterocycles. The third-order valence-corrected chi connectivity index (χ3v) is 7.17. The maximum atomic E-state index is 6.03. The molecule has 0 saturated heterocycles. The van der Waals surface area contributed by atoms with Gasteiger partial charge in [-0.25, -0.2) is 0 Å². The second-order valence-corrected chi connectivity index (χ2v) is 9.91. The lowest BCUT2D eigenvalue weighted by Crippen LogP contribution is -2.17. The number of anilines is 2. The first-order valence-corrected chi connectivity index (χ1v) is 12.4. The molecule has 0 N–H and O–H groups in total. The minimum Gasteiger partial charge on any atom is -0.376 e. The minimum absolute atomic E-state index is 0.670. The summed E-state index contributed by atoms with van der Waals surface area (Å²) in [6.45, 7) is 3.35. The standard InChI is InChI=1S/C29H30N2OS/c1-30(2)17-10-18-32-21-23-19-26-24-13-6-8-15-27(24)31(20-22-11-4-3-5-12-22)28-16-9-7-14-25(28)29(26)33-23/h3-9,11-16,19H,10,17-18,20-21H2,1-2H3. The molecule has 1 aromatic heterocycles. The van der Waals surface area contributed by atoms with Gasteiger partial charge in [0.05, 0.1) is 12.3 Å². The van der Waals surface area contributed by atoms with Gasteiger partial charge < -0.3 is 14.5 Å². The lowest BCUT2D eigenvalue weighted by Gasteiger charge is -2.27. The summed E-state index contributed by atoms with van der Waals surface area (Å²) in [5.74, 6) is 0. The van der Waals surface area contributed by atoms with Crippen molar-refractivity contribution in [1.82, 2.24) is 4.90 Å². The molecule has 0 fully saturated rings. The number of hydrogen-bond acceptors (Lipinski definition) is 4. The van der Waals surface area contributed by atoms with E-state index < -0.39 is 0 Å². The maximum Gasteiger partial charge on any atom is 0.0809 e. The van der Waals surface area contributed by atoms with Crippen molar-refractivity contribution in [3.8, 4) is 21.6 Å². The number of ether oxygens (including phenoxy) is 1. The SMILES string of the molecule is CN(C)CCCOCc1cc2c(s1)-c1ccccc1N(Cc1ccccc1)c1ccccc1-2. The summed E-state index contributed by atoms with van der Waals surface area (Å²) in [5, 5.41) is 0. The number of thiophene rings is 1. The molecular weight excluding hydrogens is 424 g/mol. The van der Waals surface area contributed by atoms with E-state index in [9.17, 15) is 0 Å². The first-order chi connectivity index (χ1) is 16.2. The van der Waals surface area contributed by atoms with Crippen molar-refractivity contribution >= 4 is 22.7 Å². The molecule has 168 valence electrons. The van der Waals surface area contributed by atoms with Crippen molar-refractivity contribution < 1.29 is 4.74 Å². The van der Waals surface area contributed by atoms with Gasteiger partial charge in [0.1, 0.15) is 0 Å². The summed E-state index contributed by atoms with van der Waals surface area (Å²) < 4.78 is 6.03. The summed E-state index contributed by atoms with van der Waals surface area (Å²) in [4.78, 5) is 7.28. The zero-order valence-electron chi connectivity index (χ0n) is 19.3. The van der Waals surface area contributed by atoms with Gasteiger partial charge in [-0.2, -0.15) is 0 Å². The Morgan fingerprint density at radius 3 is 2.21 bits per heavy atom. The van der Waals surface area contributed by atoms with Crippen LogP contribution in [0.3, 0.4) is 0 Å². The Balaban J connectivity index is 1.51. The molecule has 33 heavy (non-hydrogen) atoms. The Bertz CT molecular complexity index is 1150. The Morgan fingerprint density at radius 2 is 1.45 bits per heavy atom. The van der Waals surface area contributed by atoms with Gasteiger partial charge in [-0.3, -0.25) is 0 Å². The van der Waals surface area contributed by atoms with E-state index in [2.05, 4.69) is 109 Å². The lowest BCUT2D eigenvalue weighted by molar-refractivity contribution is 0.115. The number of fused-ring (bicyclic) bond motifs is 5.